The Kier molecular flexibility index (Phi) is 5.07. The minimum Gasteiger partial charge on any atom is -0.0955 e. The molecule has 0 aliphatic rings. The zero-order valence-corrected chi connectivity index (χ0v) is 11.4. The summed E-state index contributed by atoms with van der Waals surface area (Å²) in [5.41, 5.74) is 4.06. The van der Waals surface area contributed by atoms with Gasteiger partial charge in [0.05, 0.1) is 0 Å². The van der Waals surface area contributed by atoms with Crippen LogP contribution in [0.5, 0.6) is 0 Å². The molecule has 0 aromatic rings. The van der Waals surface area contributed by atoms with Gasteiger partial charge >= 0.3 is 0 Å². The maximum Gasteiger partial charge on any atom is -0.0172 e. The van der Waals surface area contributed by atoms with Crippen LogP contribution in [0.3, 0.4) is 0 Å². The number of hydrogen-bond acceptors (Lipinski definition) is 0. The molecule has 0 saturated carbocycles. The summed E-state index contributed by atoms with van der Waals surface area (Å²) in [6.07, 6.45) is 4.54. The third kappa shape index (κ3) is 5.61. The molecule has 86 valence electrons. The van der Waals surface area contributed by atoms with Crippen LogP contribution in [0.1, 0.15) is 48.5 Å². The third-order valence-corrected chi connectivity index (χ3v) is 2.56. The van der Waals surface area contributed by atoms with Crippen molar-refractivity contribution in [2.24, 2.45) is 11.3 Å². The molecule has 0 nitrogen and oxygen atoms in total. The van der Waals surface area contributed by atoms with Crippen molar-refractivity contribution in [3.8, 4) is 0 Å². The molecule has 0 aromatic heterocycles. The summed E-state index contributed by atoms with van der Waals surface area (Å²) in [5, 5.41) is 0. The van der Waals surface area contributed by atoms with Crippen LogP contribution in [0, 0.1) is 11.3 Å². The van der Waals surface area contributed by atoms with Gasteiger partial charge in [-0.25, -0.2) is 0 Å². The van der Waals surface area contributed by atoms with Gasteiger partial charge in [0.15, 0.2) is 0 Å². The van der Waals surface area contributed by atoms with E-state index in [0.717, 1.165) is 5.57 Å². The molecule has 0 saturated heterocycles. The van der Waals surface area contributed by atoms with Crippen LogP contribution in [-0.2, 0) is 0 Å². The van der Waals surface area contributed by atoms with Gasteiger partial charge in [-0.2, -0.15) is 0 Å². The first-order chi connectivity index (χ1) is 6.64. The molecule has 0 atom stereocenters. The van der Waals surface area contributed by atoms with E-state index in [1.165, 1.54) is 11.1 Å². The van der Waals surface area contributed by atoms with E-state index >= 15 is 0 Å². The van der Waals surface area contributed by atoms with E-state index in [1.807, 2.05) is 0 Å². The fourth-order valence-corrected chi connectivity index (χ4v) is 1.12. The van der Waals surface area contributed by atoms with Crippen molar-refractivity contribution in [2.75, 3.05) is 0 Å². The normalized spacial score (nSPS) is 14.7. The molecule has 0 radical (unpaired) electrons. The molecule has 0 unspecified atom stereocenters. The van der Waals surface area contributed by atoms with Crippen molar-refractivity contribution in [1.29, 1.82) is 0 Å². The van der Waals surface area contributed by atoms with E-state index in [1.54, 1.807) is 0 Å². The van der Waals surface area contributed by atoms with E-state index in [9.17, 15) is 0 Å². The highest BCUT2D eigenvalue weighted by molar-refractivity contribution is 5.39. The average Bonchev–Trinajstić information content (AvgIpc) is 1.99. The van der Waals surface area contributed by atoms with Crippen molar-refractivity contribution in [3.05, 3.63) is 35.5 Å². The van der Waals surface area contributed by atoms with Crippen LogP contribution in [0.4, 0.5) is 0 Å². The standard InChI is InChI=1S/C15H26/c1-11(2)9-14(12(3)4)10-13(5)15(6,7)8/h9-11H,3H2,1-2,4-8H3. The fraction of sp³-hybridized carbons (Fsp3) is 0.600. The summed E-state index contributed by atoms with van der Waals surface area (Å²) < 4.78 is 0. The second-order valence-electron chi connectivity index (χ2n) is 5.72. The predicted octanol–water partition coefficient (Wildman–Crippen LogP) is 5.14. The van der Waals surface area contributed by atoms with Gasteiger partial charge in [0, 0.05) is 0 Å². The van der Waals surface area contributed by atoms with Crippen molar-refractivity contribution in [2.45, 2.75) is 48.5 Å². The molecule has 0 aliphatic heterocycles. The average molecular weight is 206 g/mol. The lowest BCUT2D eigenvalue weighted by Crippen LogP contribution is -2.07. The van der Waals surface area contributed by atoms with Crippen LogP contribution in [0.2, 0.25) is 0 Å². The van der Waals surface area contributed by atoms with E-state index < -0.39 is 0 Å². The van der Waals surface area contributed by atoms with Gasteiger partial charge in [0.2, 0.25) is 0 Å². The minimum atomic E-state index is 0.242. The van der Waals surface area contributed by atoms with Gasteiger partial charge in [0.25, 0.3) is 0 Å². The molecule has 0 rings (SSSR count). The minimum absolute atomic E-state index is 0.242. The smallest absolute Gasteiger partial charge is 0.0172 e. The molecule has 0 aromatic carbocycles. The molecule has 0 fully saturated rings. The van der Waals surface area contributed by atoms with E-state index in [-0.39, 0.29) is 5.41 Å². The molecule has 0 heterocycles. The molecule has 0 N–H and O–H groups in total. The zero-order valence-electron chi connectivity index (χ0n) is 11.4. The summed E-state index contributed by atoms with van der Waals surface area (Å²) in [4.78, 5) is 0. The lowest BCUT2D eigenvalue weighted by atomic mass is 9.85. The first kappa shape index (κ1) is 14.2. The second kappa shape index (κ2) is 5.34. The van der Waals surface area contributed by atoms with Crippen LogP contribution < -0.4 is 0 Å². The van der Waals surface area contributed by atoms with Crippen molar-refractivity contribution in [3.63, 3.8) is 0 Å². The lowest BCUT2D eigenvalue weighted by molar-refractivity contribution is 0.503. The highest BCUT2D eigenvalue weighted by Gasteiger charge is 2.12. The van der Waals surface area contributed by atoms with E-state index in [2.05, 4.69) is 67.2 Å². The Bertz CT molecular complexity index is 280. The Labute approximate surface area is 95.8 Å². The first-order valence-electron chi connectivity index (χ1n) is 5.71. The topological polar surface area (TPSA) is 0 Å². The Morgan fingerprint density at radius 3 is 1.87 bits per heavy atom. The molecule has 0 amide bonds. The van der Waals surface area contributed by atoms with Crippen molar-refractivity contribution >= 4 is 0 Å². The molecule has 15 heavy (non-hydrogen) atoms. The fourth-order valence-electron chi connectivity index (χ4n) is 1.12. The molecule has 0 heteroatoms. The SMILES string of the molecule is C=C(C)C(=CC(C)C)C=C(C)C(C)(C)C. The van der Waals surface area contributed by atoms with Crippen LogP contribution in [0.15, 0.2) is 35.5 Å². The van der Waals surface area contributed by atoms with Crippen molar-refractivity contribution in [1.82, 2.24) is 0 Å². The Morgan fingerprint density at radius 1 is 1.13 bits per heavy atom. The Hall–Kier alpha value is -0.780. The first-order valence-corrected chi connectivity index (χ1v) is 5.71. The van der Waals surface area contributed by atoms with Gasteiger partial charge in [-0.05, 0) is 30.8 Å². The maximum absolute atomic E-state index is 4.03. The summed E-state index contributed by atoms with van der Waals surface area (Å²) in [5.74, 6) is 0.570. The van der Waals surface area contributed by atoms with E-state index in [0.29, 0.717) is 5.92 Å². The second-order valence-corrected chi connectivity index (χ2v) is 5.72. The zero-order chi connectivity index (χ0) is 12.2. The Balaban J connectivity index is 5.09. The molecular formula is C15H26. The van der Waals surface area contributed by atoms with Gasteiger partial charge in [0.1, 0.15) is 0 Å². The van der Waals surface area contributed by atoms with Crippen LogP contribution >= 0.6 is 0 Å². The maximum atomic E-state index is 4.03. The van der Waals surface area contributed by atoms with Gasteiger partial charge < -0.3 is 0 Å². The number of rotatable bonds is 3. The number of allylic oxidation sites excluding steroid dienone is 5. The predicted molar refractivity (Wildman–Crippen MR) is 70.9 cm³/mol. The largest absolute Gasteiger partial charge is 0.0955 e. The van der Waals surface area contributed by atoms with Crippen molar-refractivity contribution < 1.29 is 0 Å². The van der Waals surface area contributed by atoms with Gasteiger partial charge in [-0.1, -0.05) is 64.5 Å². The highest BCUT2D eigenvalue weighted by atomic mass is 14.2. The van der Waals surface area contributed by atoms with E-state index in [4.69, 9.17) is 0 Å². The summed E-state index contributed by atoms with van der Waals surface area (Å²) in [6, 6.07) is 0. The highest BCUT2D eigenvalue weighted by Crippen LogP contribution is 2.27. The van der Waals surface area contributed by atoms with Gasteiger partial charge in [-0.3, -0.25) is 0 Å². The molecule has 0 spiro atoms. The van der Waals surface area contributed by atoms with Gasteiger partial charge in [-0.15, -0.1) is 0 Å². The monoisotopic (exact) mass is 206 g/mol. The summed E-state index contributed by atoms with van der Waals surface area (Å²) in [6.45, 7) is 19.4. The van der Waals surface area contributed by atoms with Crippen LogP contribution in [-0.4, -0.2) is 0 Å². The Morgan fingerprint density at radius 2 is 1.60 bits per heavy atom. The molecule has 0 aliphatic carbocycles. The molecule has 0 bridgehead atoms. The summed E-state index contributed by atoms with van der Waals surface area (Å²) >= 11 is 0. The summed E-state index contributed by atoms with van der Waals surface area (Å²) in [7, 11) is 0. The third-order valence-electron chi connectivity index (χ3n) is 2.56. The molecular weight excluding hydrogens is 180 g/mol. The number of hydrogen-bond donors (Lipinski definition) is 0. The lowest BCUT2D eigenvalue weighted by Gasteiger charge is -2.20. The van der Waals surface area contributed by atoms with Crippen LogP contribution in [0.25, 0.3) is 0 Å². The quantitative estimate of drug-likeness (QED) is 0.561.